The maximum Gasteiger partial charge on any atom is 0.165 e. The second kappa shape index (κ2) is 6.28. The van der Waals surface area contributed by atoms with Gasteiger partial charge in [-0.15, -0.1) is 0 Å². The quantitative estimate of drug-likeness (QED) is 0.779. The van der Waals surface area contributed by atoms with Crippen LogP contribution in [0.4, 0.5) is 11.5 Å². The largest absolute Gasteiger partial charge is 0.495 e. The van der Waals surface area contributed by atoms with Crippen molar-refractivity contribution in [3.8, 4) is 5.75 Å². The summed E-state index contributed by atoms with van der Waals surface area (Å²) in [4.78, 5) is 13.6. The zero-order valence-corrected chi connectivity index (χ0v) is 14.2. The Morgan fingerprint density at radius 3 is 3.00 bits per heavy atom. The van der Waals surface area contributed by atoms with Crippen LogP contribution in [0.15, 0.2) is 24.5 Å². The van der Waals surface area contributed by atoms with Gasteiger partial charge in [0.25, 0.3) is 0 Å². The first-order chi connectivity index (χ1) is 11.8. The van der Waals surface area contributed by atoms with E-state index in [1.54, 1.807) is 19.5 Å². The third kappa shape index (κ3) is 2.67. The number of anilines is 2. The molecule has 1 N–H and O–H groups in total. The fourth-order valence-electron chi connectivity index (χ4n) is 3.13. The highest BCUT2D eigenvalue weighted by molar-refractivity contribution is 6.31. The van der Waals surface area contributed by atoms with Crippen LogP contribution < -0.4 is 10.1 Å². The Morgan fingerprint density at radius 2 is 2.12 bits per heavy atom. The van der Waals surface area contributed by atoms with Crippen molar-refractivity contribution in [1.82, 2.24) is 19.5 Å². The number of nitrogens with one attached hydrogen (secondary N) is 1. The molecule has 0 bridgehead atoms. The number of methoxy groups -OCH3 is 1. The van der Waals surface area contributed by atoms with Gasteiger partial charge < -0.3 is 14.6 Å². The highest BCUT2D eigenvalue weighted by Crippen LogP contribution is 2.32. The number of ether oxygens (including phenoxy) is 1. The van der Waals surface area contributed by atoms with Crippen molar-refractivity contribution in [2.24, 2.45) is 0 Å². The molecule has 1 aromatic carbocycles. The Balaban J connectivity index is 1.79. The van der Waals surface area contributed by atoms with Gasteiger partial charge in [-0.25, -0.2) is 15.0 Å². The third-order valence-corrected chi connectivity index (χ3v) is 4.54. The van der Waals surface area contributed by atoms with Crippen molar-refractivity contribution in [3.63, 3.8) is 0 Å². The van der Waals surface area contributed by atoms with E-state index in [0.717, 1.165) is 42.1 Å². The van der Waals surface area contributed by atoms with Crippen molar-refractivity contribution < 1.29 is 4.74 Å². The predicted octanol–water partition coefficient (Wildman–Crippen LogP) is 3.96. The average molecular weight is 344 g/mol. The van der Waals surface area contributed by atoms with Crippen molar-refractivity contribution >= 4 is 34.3 Å². The Morgan fingerprint density at radius 1 is 1.21 bits per heavy atom. The van der Waals surface area contributed by atoms with Crippen LogP contribution in [0.1, 0.15) is 25.1 Å². The van der Waals surface area contributed by atoms with Crippen LogP contribution in [-0.4, -0.2) is 26.6 Å². The van der Waals surface area contributed by atoms with Crippen molar-refractivity contribution in [3.05, 3.63) is 35.4 Å². The lowest BCUT2D eigenvalue weighted by Crippen LogP contribution is -2.02. The third-order valence-electron chi connectivity index (χ3n) is 4.31. The molecule has 0 unspecified atom stereocenters. The molecule has 3 aromatic rings. The Kier molecular flexibility index (Phi) is 3.98. The number of nitrogens with zero attached hydrogens (tertiary/aromatic N) is 4. The van der Waals surface area contributed by atoms with Crippen molar-refractivity contribution in [2.45, 2.75) is 32.2 Å². The minimum absolute atomic E-state index is 0.629. The Bertz CT molecular complexity index is 892. The van der Waals surface area contributed by atoms with Gasteiger partial charge in [-0.2, -0.15) is 0 Å². The molecule has 1 aliphatic heterocycles. The van der Waals surface area contributed by atoms with E-state index >= 15 is 0 Å². The van der Waals surface area contributed by atoms with E-state index < -0.39 is 0 Å². The number of imidazole rings is 1. The summed E-state index contributed by atoms with van der Waals surface area (Å²) in [7, 11) is 1.63. The normalized spacial score (nSPS) is 14.2. The summed E-state index contributed by atoms with van der Waals surface area (Å²) in [6.45, 7) is 0.961. The fourth-order valence-corrected chi connectivity index (χ4v) is 3.31. The van der Waals surface area contributed by atoms with Crippen LogP contribution in [0, 0.1) is 0 Å². The smallest absolute Gasteiger partial charge is 0.165 e. The summed E-state index contributed by atoms with van der Waals surface area (Å²) < 4.78 is 7.60. The summed E-state index contributed by atoms with van der Waals surface area (Å²) in [5, 5.41) is 3.92. The summed E-state index contributed by atoms with van der Waals surface area (Å²) in [5.74, 6) is 2.46. The van der Waals surface area contributed by atoms with Crippen molar-refractivity contribution in [1.29, 1.82) is 0 Å². The standard InChI is InChI=1S/C17H18ClN5O/c1-24-13-7-6-11(18)9-12(13)21-16-15-17(20-10-19-16)23-8-4-2-3-5-14(23)22-15/h6-7,9-10H,2-5,8H2,1H3,(H,19,20,21). The number of rotatable bonds is 3. The van der Waals surface area contributed by atoms with E-state index in [1.807, 2.05) is 12.1 Å². The number of hydrogen-bond acceptors (Lipinski definition) is 5. The van der Waals surface area contributed by atoms with Gasteiger partial charge >= 0.3 is 0 Å². The number of fused-ring (bicyclic) bond motifs is 3. The molecule has 7 heteroatoms. The zero-order valence-electron chi connectivity index (χ0n) is 13.4. The number of benzene rings is 1. The highest BCUT2D eigenvalue weighted by Gasteiger charge is 2.18. The summed E-state index contributed by atoms with van der Waals surface area (Å²) in [5.41, 5.74) is 2.43. The molecule has 0 amide bonds. The molecule has 4 rings (SSSR count). The van der Waals surface area contributed by atoms with E-state index in [9.17, 15) is 0 Å². The van der Waals surface area contributed by atoms with Crippen LogP contribution in [0.3, 0.4) is 0 Å². The molecular formula is C17H18ClN5O. The molecule has 0 fully saturated rings. The molecule has 124 valence electrons. The van der Waals surface area contributed by atoms with E-state index in [0.29, 0.717) is 16.6 Å². The maximum atomic E-state index is 6.11. The predicted molar refractivity (Wildman–Crippen MR) is 94.2 cm³/mol. The molecule has 0 aliphatic carbocycles. The second-order valence-corrected chi connectivity index (χ2v) is 6.29. The monoisotopic (exact) mass is 343 g/mol. The van der Waals surface area contributed by atoms with Crippen LogP contribution in [-0.2, 0) is 13.0 Å². The minimum Gasteiger partial charge on any atom is -0.495 e. The summed E-state index contributed by atoms with van der Waals surface area (Å²) in [6.07, 6.45) is 6.12. The van der Waals surface area contributed by atoms with Gasteiger partial charge in [-0.1, -0.05) is 18.0 Å². The lowest BCUT2D eigenvalue weighted by Gasteiger charge is -2.11. The molecule has 1 aliphatic rings. The van der Waals surface area contributed by atoms with Gasteiger partial charge in [0.15, 0.2) is 17.0 Å². The molecular weight excluding hydrogens is 326 g/mol. The molecule has 3 heterocycles. The van der Waals surface area contributed by atoms with Gasteiger partial charge in [-0.3, -0.25) is 0 Å². The van der Waals surface area contributed by atoms with Gasteiger partial charge in [0.1, 0.15) is 17.9 Å². The minimum atomic E-state index is 0.629. The number of halogens is 1. The highest BCUT2D eigenvalue weighted by atomic mass is 35.5. The molecule has 2 aromatic heterocycles. The first kappa shape index (κ1) is 15.2. The molecule has 0 radical (unpaired) electrons. The Hall–Kier alpha value is -2.34. The Labute approximate surface area is 144 Å². The molecule has 0 spiro atoms. The molecule has 0 saturated heterocycles. The molecule has 6 nitrogen and oxygen atoms in total. The van der Waals surface area contributed by atoms with Gasteiger partial charge in [0.2, 0.25) is 0 Å². The number of hydrogen-bond donors (Lipinski definition) is 1. The zero-order chi connectivity index (χ0) is 16.5. The van der Waals surface area contributed by atoms with Crippen LogP contribution in [0.25, 0.3) is 11.2 Å². The summed E-state index contributed by atoms with van der Waals surface area (Å²) in [6, 6.07) is 5.43. The fraction of sp³-hybridized carbons (Fsp3) is 0.353. The van der Waals surface area contributed by atoms with Crippen LogP contribution in [0.5, 0.6) is 5.75 Å². The summed E-state index contributed by atoms with van der Waals surface area (Å²) >= 11 is 6.11. The van der Waals surface area contributed by atoms with Crippen LogP contribution in [0.2, 0.25) is 5.02 Å². The van der Waals surface area contributed by atoms with Gasteiger partial charge in [0, 0.05) is 18.0 Å². The SMILES string of the molecule is COc1ccc(Cl)cc1Nc1ncnc2c1nc1n2CCCCC1. The van der Waals surface area contributed by atoms with Gasteiger partial charge in [0.05, 0.1) is 12.8 Å². The molecule has 0 atom stereocenters. The topological polar surface area (TPSA) is 64.9 Å². The van der Waals surface area contributed by atoms with E-state index in [4.69, 9.17) is 21.3 Å². The lowest BCUT2D eigenvalue weighted by atomic mass is 10.2. The van der Waals surface area contributed by atoms with E-state index in [-0.39, 0.29) is 0 Å². The first-order valence-electron chi connectivity index (χ1n) is 8.07. The van der Waals surface area contributed by atoms with Crippen LogP contribution >= 0.6 is 11.6 Å². The first-order valence-corrected chi connectivity index (χ1v) is 8.45. The molecule has 24 heavy (non-hydrogen) atoms. The molecule has 0 saturated carbocycles. The van der Waals surface area contributed by atoms with E-state index in [1.165, 1.54) is 12.8 Å². The van der Waals surface area contributed by atoms with Crippen molar-refractivity contribution in [2.75, 3.05) is 12.4 Å². The maximum absolute atomic E-state index is 6.11. The lowest BCUT2D eigenvalue weighted by molar-refractivity contribution is 0.417. The van der Waals surface area contributed by atoms with E-state index in [2.05, 4.69) is 19.9 Å². The number of aryl methyl sites for hydroxylation is 2. The number of aromatic nitrogens is 4. The average Bonchev–Trinajstić information content (AvgIpc) is 2.78. The second-order valence-electron chi connectivity index (χ2n) is 5.85. The van der Waals surface area contributed by atoms with Gasteiger partial charge in [-0.05, 0) is 31.0 Å².